The second-order valence-electron chi connectivity index (χ2n) is 12.5. The zero-order valence-electron chi connectivity index (χ0n) is 27.5. The third-order valence-corrected chi connectivity index (χ3v) is 9.53. The van der Waals surface area contributed by atoms with Crippen molar-refractivity contribution < 1.29 is 33.3 Å². The number of benzene rings is 2. The first-order valence-electron chi connectivity index (χ1n) is 16.3. The molecular weight excluding hydrogens is 589 g/mol. The summed E-state index contributed by atoms with van der Waals surface area (Å²) in [5.74, 6) is -1.02. The number of aryl methyl sites for hydroxylation is 3. The number of aliphatic carboxylic acids is 1. The van der Waals surface area contributed by atoms with E-state index in [9.17, 15) is 19.1 Å². The van der Waals surface area contributed by atoms with Crippen LogP contribution in [-0.4, -0.2) is 65.5 Å². The van der Waals surface area contributed by atoms with Crippen molar-refractivity contribution in [2.24, 2.45) is 13.0 Å². The molecule has 10 heteroatoms. The highest BCUT2D eigenvalue weighted by molar-refractivity contribution is 5.95. The minimum atomic E-state index is -0.908. The molecule has 0 spiro atoms. The first-order chi connectivity index (χ1) is 22.2. The van der Waals surface area contributed by atoms with Crippen LogP contribution in [-0.2, 0) is 23.1 Å². The second kappa shape index (κ2) is 14.6. The van der Waals surface area contributed by atoms with Crippen LogP contribution in [0.2, 0.25) is 0 Å². The molecule has 0 aliphatic carbocycles. The van der Waals surface area contributed by atoms with Gasteiger partial charge in [0.1, 0.15) is 5.82 Å². The number of amides is 1. The summed E-state index contributed by atoms with van der Waals surface area (Å²) in [5, 5.41) is 10.7. The van der Waals surface area contributed by atoms with Crippen LogP contribution < -0.4 is 19.1 Å². The number of hydrogen-bond donors (Lipinski definition) is 1. The van der Waals surface area contributed by atoms with Crippen LogP contribution in [0.4, 0.5) is 10.1 Å². The minimum absolute atomic E-state index is 0.0418. The summed E-state index contributed by atoms with van der Waals surface area (Å²) in [6.45, 7) is 6.38. The topological polar surface area (TPSA) is 93.5 Å². The quantitative estimate of drug-likeness (QED) is 0.222. The molecule has 3 heterocycles. The van der Waals surface area contributed by atoms with Crippen molar-refractivity contribution in [3.05, 3.63) is 71.3 Å². The highest BCUT2D eigenvalue weighted by Gasteiger charge is 2.48. The van der Waals surface area contributed by atoms with E-state index in [1.165, 1.54) is 6.07 Å². The average molecular weight is 636 g/mol. The lowest BCUT2D eigenvalue weighted by atomic mass is 9.83. The van der Waals surface area contributed by atoms with E-state index >= 15 is 0 Å². The lowest BCUT2D eigenvalue weighted by Gasteiger charge is -2.35. The van der Waals surface area contributed by atoms with Gasteiger partial charge in [0.2, 0.25) is 18.4 Å². The number of fused-ring (bicyclic) bond motifs is 1. The number of likely N-dealkylation sites (tertiary alicyclic amines) is 1. The Hall–Kier alpha value is -4.05. The minimum Gasteiger partial charge on any atom is -0.493 e. The molecule has 2 aliphatic rings. The normalized spacial score (nSPS) is 19.2. The van der Waals surface area contributed by atoms with E-state index in [1.54, 1.807) is 26.2 Å². The predicted molar refractivity (Wildman–Crippen MR) is 174 cm³/mol. The number of anilines is 1. The number of carboxylic acids is 1. The summed E-state index contributed by atoms with van der Waals surface area (Å²) in [4.78, 5) is 31.5. The van der Waals surface area contributed by atoms with Crippen LogP contribution in [0.3, 0.4) is 0 Å². The number of carbonyl (C=O) groups is 2. The van der Waals surface area contributed by atoms with Crippen molar-refractivity contribution in [3.8, 4) is 17.2 Å². The highest BCUT2D eigenvalue weighted by Crippen LogP contribution is 2.47. The number of nitrogens with zero attached hydrogens (tertiary/aromatic N) is 3. The number of ether oxygens (including phenoxy) is 3. The van der Waals surface area contributed by atoms with Crippen molar-refractivity contribution in [3.63, 3.8) is 0 Å². The molecule has 0 saturated carbocycles. The monoisotopic (exact) mass is 635 g/mol. The molecule has 46 heavy (non-hydrogen) atoms. The lowest BCUT2D eigenvalue weighted by Crippen LogP contribution is -2.48. The molecule has 1 unspecified atom stereocenters. The largest absolute Gasteiger partial charge is 0.493 e. The highest BCUT2D eigenvalue weighted by atomic mass is 19.1. The molecule has 1 fully saturated rings. The number of hydrogen-bond acceptors (Lipinski definition) is 6. The molecule has 248 valence electrons. The Bertz CT molecular complexity index is 1530. The Balaban J connectivity index is 1.52. The van der Waals surface area contributed by atoms with Gasteiger partial charge in [-0.2, -0.15) is 0 Å². The number of methoxy groups -OCH3 is 1. The maximum absolute atomic E-state index is 14.5. The van der Waals surface area contributed by atoms with Crippen molar-refractivity contribution in [1.29, 1.82) is 0 Å². The smallest absolute Gasteiger partial charge is 0.308 e. The predicted octanol–water partition coefficient (Wildman–Crippen LogP) is 6.31. The van der Waals surface area contributed by atoms with Gasteiger partial charge < -0.3 is 28.8 Å². The maximum Gasteiger partial charge on any atom is 0.308 e. The molecule has 2 aliphatic heterocycles. The third-order valence-electron chi connectivity index (χ3n) is 9.53. The summed E-state index contributed by atoms with van der Waals surface area (Å²) in [5.41, 5.74) is 3.01. The van der Waals surface area contributed by atoms with Gasteiger partial charge in [-0.3, -0.25) is 14.5 Å². The molecule has 5 rings (SSSR count). The molecule has 9 nitrogen and oxygen atoms in total. The molecule has 3 atom stereocenters. The fraction of sp³-hybridized carbons (Fsp3) is 0.500. The molecule has 0 bridgehead atoms. The average Bonchev–Trinajstić information content (AvgIpc) is 3.76. The number of aromatic nitrogens is 1. The van der Waals surface area contributed by atoms with Gasteiger partial charge >= 0.3 is 5.97 Å². The van der Waals surface area contributed by atoms with Gasteiger partial charge in [-0.05, 0) is 86.2 Å². The summed E-state index contributed by atoms with van der Waals surface area (Å²) in [6.07, 6.45) is 6.61. The number of carboxylic acid groups (broad SMARTS) is 1. The summed E-state index contributed by atoms with van der Waals surface area (Å²) in [6, 6.07) is 12.1. The van der Waals surface area contributed by atoms with E-state index in [0.717, 1.165) is 36.9 Å². The molecular formula is C36H46FN3O6. The zero-order valence-corrected chi connectivity index (χ0v) is 27.5. The standard InChI is InChI=1S/C36H46FN3O6/c1-6-9-26(10-7-2)40(27-12-14-29(37)23(3)17-27)33(41)21-39-20-28(24-18-31(44-5)35-32(19-24)45-22-46-35)34(36(42)43)30(39)15-13-25-11-8-16-38(25)4/h8,11-12,14,16-19,26,28,30,34H,6-7,9-10,13,15,20-22H2,1-5H3,(H,42,43)/t28-,30+,34?/m1/s1. The van der Waals surface area contributed by atoms with Gasteiger partial charge in [0.15, 0.2) is 11.5 Å². The molecule has 1 N–H and O–H groups in total. The van der Waals surface area contributed by atoms with E-state index in [4.69, 9.17) is 14.2 Å². The molecule has 0 radical (unpaired) electrons. The van der Waals surface area contributed by atoms with Crippen LogP contribution in [0.5, 0.6) is 17.2 Å². The van der Waals surface area contributed by atoms with Crippen LogP contribution >= 0.6 is 0 Å². The fourth-order valence-corrected chi connectivity index (χ4v) is 7.26. The van der Waals surface area contributed by atoms with Gasteiger partial charge in [0.05, 0.1) is 19.6 Å². The Morgan fingerprint density at radius 3 is 2.52 bits per heavy atom. The van der Waals surface area contributed by atoms with Gasteiger partial charge in [-0.25, -0.2) is 4.39 Å². The van der Waals surface area contributed by atoms with Gasteiger partial charge in [-0.15, -0.1) is 0 Å². The number of halogens is 1. The van der Waals surface area contributed by atoms with E-state index in [2.05, 4.69) is 13.8 Å². The van der Waals surface area contributed by atoms with Crippen LogP contribution in [0.25, 0.3) is 0 Å². The van der Waals surface area contributed by atoms with Gasteiger partial charge in [0.25, 0.3) is 0 Å². The molecule has 1 aromatic heterocycles. The van der Waals surface area contributed by atoms with E-state index in [-0.39, 0.29) is 31.1 Å². The van der Waals surface area contributed by atoms with Crippen LogP contribution in [0.1, 0.15) is 68.7 Å². The van der Waals surface area contributed by atoms with Crippen molar-refractivity contribution in [1.82, 2.24) is 9.47 Å². The lowest BCUT2D eigenvalue weighted by molar-refractivity contribution is -0.143. The Morgan fingerprint density at radius 1 is 1.13 bits per heavy atom. The maximum atomic E-state index is 14.5. The first kappa shape index (κ1) is 33.3. The van der Waals surface area contributed by atoms with Gasteiger partial charge in [0, 0.05) is 49.2 Å². The Morgan fingerprint density at radius 2 is 1.89 bits per heavy atom. The SMILES string of the molecule is CCCC(CCC)N(C(=O)CN1C[C@H](c2cc(OC)c3c(c2)OCO3)C(C(=O)O)[C@@H]1CCc1cccn1C)c1ccc(F)c(C)c1. The Kier molecular flexibility index (Phi) is 10.6. The van der Waals surface area contributed by atoms with E-state index in [1.807, 2.05) is 51.9 Å². The van der Waals surface area contributed by atoms with Crippen LogP contribution in [0.15, 0.2) is 48.7 Å². The van der Waals surface area contributed by atoms with Crippen LogP contribution in [0, 0.1) is 18.7 Å². The third kappa shape index (κ3) is 6.87. The molecule has 3 aromatic rings. The number of carbonyl (C=O) groups excluding carboxylic acids is 1. The zero-order chi connectivity index (χ0) is 33.0. The second-order valence-corrected chi connectivity index (χ2v) is 12.5. The van der Waals surface area contributed by atoms with Gasteiger partial charge in [-0.1, -0.05) is 26.7 Å². The number of rotatable bonds is 14. The Labute approximate surface area is 270 Å². The van der Waals surface area contributed by atoms with Crippen molar-refractivity contribution in [2.45, 2.75) is 77.3 Å². The first-order valence-corrected chi connectivity index (χ1v) is 16.3. The summed E-state index contributed by atoms with van der Waals surface area (Å²) < 4.78 is 33.2. The molecule has 1 saturated heterocycles. The summed E-state index contributed by atoms with van der Waals surface area (Å²) in [7, 11) is 3.53. The van der Waals surface area contributed by atoms with Crippen molar-refractivity contribution in [2.75, 3.05) is 31.9 Å². The van der Waals surface area contributed by atoms with Crippen molar-refractivity contribution >= 4 is 17.6 Å². The molecule has 2 aromatic carbocycles. The fourth-order valence-electron chi connectivity index (χ4n) is 7.26. The molecule has 1 amide bonds. The van der Waals surface area contributed by atoms with E-state index in [0.29, 0.717) is 47.9 Å². The van der Waals surface area contributed by atoms with E-state index < -0.39 is 23.8 Å². The summed E-state index contributed by atoms with van der Waals surface area (Å²) >= 11 is 0.